The number of quaternary nitrogens is 1. The molecule has 1 saturated heterocycles. The lowest BCUT2D eigenvalue weighted by atomic mass is 10.1. The van der Waals surface area contributed by atoms with Crippen LogP contribution in [0, 0.1) is 0 Å². The third-order valence-corrected chi connectivity index (χ3v) is 5.45. The largest absolute Gasteiger partial charge is 0.762 e. The predicted octanol–water partition coefficient (Wildman–Crippen LogP) is -5.62. The molecule has 16 nitrogen and oxygen atoms in total. The first-order valence-corrected chi connectivity index (χ1v) is 10.3. The number of carbonyl (C=O) groups excluding carboxylic acids is 2. The summed E-state index contributed by atoms with van der Waals surface area (Å²) < 4.78 is 23.3. The lowest BCUT2D eigenvalue weighted by Crippen LogP contribution is -2.69. The SMILES string of the molecule is Nc1ncnc2c1ncn2[C@@H]1O[C@H](COP(=O)([O-])NC(=O)C[C@H]([NH3+])C(=O)[O-])[C@@H](O)[C@H]1O. The highest BCUT2D eigenvalue weighted by Gasteiger charge is 2.44. The Hall–Kier alpha value is -2.72. The first-order valence-electron chi connectivity index (χ1n) is 8.75. The van der Waals surface area contributed by atoms with Crippen LogP contribution in [-0.4, -0.2) is 72.6 Å². The number of nitrogens with one attached hydrogen (secondary N) is 1. The Labute approximate surface area is 173 Å². The number of nitrogens with two attached hydrogens (primary N) is 1. The van der Waals surface area contributed by atoms with Gasteiger partial charge in [0.25, 0.3) is 0 Å². The van der Waals surface area contributed by atoms with Gasteiger partial charge in [-0.3, -0.25) is 19.0 Å². The fraction of sp³-hybridized carbons (Fsp3) is 0.500. The molecular weight excluding hydrogens is 441 g/mol. The summed E-state index contributed by atoms with van der Waals surface area (Å²) in [6, 6.07) is -1.46. The molecule has 0 aromatic carbocycles. The van der Waals surface area contributed by atoms with Crippen LogP contribution in [0.4, 0.5) is 5.82 Å². The summed E-state index contributed by atoms with van der Waals surface area (Å²) in [4.78, 5) is 45.9. The number of rotatable bonds is 8. The van der Waals surface area contributed by atoms with Gasteiger partial charge in [0.2, 0.25) is 13.7 Å². The van der Waals surface area contributed by atoms with Crippen molar-refractivity contribution in [1.82, 2.24) is 24.6 Å². The van der Waals surface area contributed by atoms with E-state index < -0.39 is 63.2 Å². The Balaban J connectivity index is 1.64. The molecule has 1 amide bonds. The Kier molecular flexibility index (Phi) is 6.51. The summed E-state index contributed by atoms with van der Waals surface area (Å²) in [5.74, 6) is -2.71. The lowest BCUT2D eigenvalue weighted by Gasteiger charge is -2.26. The molecule has 31 heavy (non-hydrogen) atoms. The number of aromatic nitrogens is 4. The first-order chi connectivity index (χ1) is 14.5. The van der Waals surface area contributed by atoms with Gasteiger partial charge in [0.1, 0.15) is 36.2 Å². The van der Waals surface area contributed by atoms with Crippen molar-refractivity contribution < 1.29 is 49.4 Å². The molecule has 3 heterocycles. The molecule has 170 valence electrons. The average Bonchev–Trinajstić information content (AvgIpc) is 3.22. The maximum atomic E-state index is 11.9. The Morgan fingerprint density at radius 1 is 1.39 bits per heavy atom. The van der Waals surface area contributed by atoms with Crippen LogP contribution in [0.2, 0.25) is 0 Å². The van der Waals surface area contributed by atoms with Crippen molar-refractivity contribution in [2.24, 2.45) is 0 Å². The van der Waals surface area contributed by atoms with Gasteiger partial charge in [0.15, 0.2) is 17.7 Å². The topological polar surface area (TPSA) is 266 Å². The smallest absolute Gasteiger partial charge is 0.232 e. The fourth-order valence-corrected chi connectivity index (χ4v) is 3.67. The number of hydrogen-bond donors (Lipinski definition) is 5. The van der Waals surface area contributed by atoms with Gasteiger partial charge in [-0.05, 0) is 0 Å². The molecular formula is C14H19N7O9P-. The van der Waals surface area contributed by atoms with E-state index >= 15 is 0 Å². The second kappa shape index (κ2) is 8.80. The first kappa shape index (κ1) is 23.0. The minimum absolute atomic E-state index is 0.0860. The van der Waals surface area contributed by atoms with Crippen LogP contribution in [-0.2, 0) is 23.4 Å². The lowest BCUT2D eigenvalue weighted by molar-refractivity contribution is -0.436. The molecule has 2 aromatic heterocycles. The maximum absolute atomic E-state index is 11.9. The summed E-state index contributed by atoms with van der Waals surface area (Å²) in [7, 11) is -4.98. The minimum atomic E-state index is -4.98. The van der Waals surface area contributed by atoms with E-state index in [1.165, 1.54) is 22.3 Å². The van der Waals surface area contributed by atoms with Crippen LogP contribution in [0.15, 0.2) is 12.7 Å². The summed E-state index contributed by atoms with van der Waals surface area (Å²) in [6.45, 7) is -0.756. The molecule has 1 fully saturated rings. The number of fused-ring (bicyclic) bond motifs is 1. The molecule has 6 atom stereocenters. The van der Waals surface area contributed by atoms with E-state index in [0.717, 1.165) is 0 Å². The van der Waals surface area contributed by atoms with Crippen molar-refractivity contribution in [2.45, 2.75) is 37.0 Å². The van der Waals surface area contributed by atoms with Gasteiger partial charge in [0.05, 0.1) is 25.3 Å². The zero-order valence-electron chi connectivity index (χ0n) is 15.7. The van der Waals surface area contributed by atoms with Crippen LogP contribution in [0.3, 0.4) is 0 Å². The molecule has 17 heteroatoms. The molecule has 0 saturated carbocycles. The van der Waals surface area contributed by atoms with E-state index in [2.05, 4.69) is 25.2 Å². The highest BCUT2D eigenvalue weighted by atomic mass is 31.2. The van der Waals surface area contributed by atoms with E-state index in [-0.39, 0.29) is 17.0 Å². The Morgan fingerprint density at radius 3 is 2.77 bits per heavy atom. The van der Waals surface area contributed by atoms with Crippen molar-refractivity contribution in [3.05, 3.63) is 12.7 Å². The van der Waals surface area contributed by atoms with E-state index in [9.17, 15) is 34.4 Å². The summed E-state index contributed by atoms with van der Waals surface area (Å²) in [5.41, 5.74) is 9.28. The molecule has 1 unspecified atom stereocenters. The number of nitrogens with zero attached hydrogens (tertiary/aromatic N) is 4. The van der Waals surface area contributed by atoms with E-state index in [1.54, 1.807) is 0 Å². The molecule has 0 spiro atoms. The third-order valence-electron chi connectivity index (χ3n) is 4.43. The van der Waals surface area contributed by atoms with E-state index in [0.29, 0.717) is 0 Å². The number of nitrogen functional groups attached to an aromatic ring is 1. The number of carboxylic acid groups (broad SMARTS) is 1. The van der Waals surface area contributed by atoms with Gasteiger partial charge in [-0.15, -0.1) is 0 Å². The molecule has 0 radical (unpaired) electrons. The number of hydrogen-bond acceptors (Lipinski definition) is 13. The molecule has 3 rings (SSSR count). The zero-order chi connectivity index (χ0) is 22.9. The van der Waals surface area contributed by atoms with Crippen molar-refractivity contribution in [3.63, 3.8) is 0 Å². The molecule has 2 aromatic rings. The standard InChI is InChI=1S/C14H20N7O9P/c15-5(14(25)26)1-7(22)20-31(27,28)29-2-6-9(23)10(24)13(30-6)21-4-19-8-11(16)17-3-18-12(8)21/h3-6,9-10,13,23-24H,1-2,15H2,(H,25,26)(H2,16,17,18)(H2,20,22,27,28)/p-1/t5-,6+,9+,10+,13+/m0/s1. The van der Waals surface area contributed by atoms with Crippen LogP contribution in [0.25, 0.3) is 11.2 Å². The second-order valence-electron chi connectivity index (χ2n) is 6.68. The summed E-state index contributed by atoms with van der Waals surface area (Å²) in [6.07, 6.45) is -3.89. The van der Waals surface area contributed by atoms with Crippen LogP contribution >= 0.6 is 7.75 Å². The number of aliphatic hydroxyl groups excluding tert-OH is 2. The average molecular weight is 460 g/mol. The molecule has 1 aliphatic rings. The quantitative estimate of drug-likeness (QED) is 0.230. The Bertz CT molecular complexity index is 1030. The molecule has 0 aliphatic carbocycles. The number of anilines is 1. The number of amides is 1. The third kappa shape index (κ3) is 4.96. The fourth-order valence-electron chi connectivity index (χ4n) is 2.86. The number of carbonyl (C=O) groups is 2. The Morgan fingerprint density at radius 2 is 2.10 bits per heavy atom. The highest BCUT2D eigenvalue weighted by Crippen LogP contribution is 2.36. The molecule has 8 N–H and O–H groups in total. The van der Waals surface area contributed by atoms with Gasteiger partial charge >= 0.3 is 0 Å². The molecule has 0 bridgehead atoms. The van der Waals surface area contributed by atoms with Crippen molar-refractivity contribution in [3.8, 4) is 0 Å². The second-order valence-corrected chi connectivity index (χ2v) is 8.15. The monoisotopic (exact) mass is 460 g/mol. The van der Waals surface area contributed by atoms with Crippen molar-refractivity contribution in [1.29, 1.82) is 0 Å². The number of carboxylic acids is 1. The number of imidazole rings is 1. The van der Waals surface area contributed by atoms with Gasteiger partial charge in [-0.25, -0.2) is 15.0 Å². The summed E-state index contributed by atoms with van der Waals surface area (Å²) in [5, 5.41) is 32.6. The highest BCUT2D eigenvalue weighted by molar-refractivity contribution is 7.49. The van der Waals surface area contributed by atoms with Crippen molar-refractivity contribution in [2.75, 3.05) is 12.3 Å². The minimum Gasteiger partial charge on any atom is -0.762 e. The van der Waals surface area contributed by atoms with Crippen molar-refractivity contribution >= 4 is 36.6 Å². The van der Waals surface area contributed by atoms with E-state index in [4.69, 9.17) is 10.5 Å². The zero-order valence-corrected chi connectivity index (χ0v) is 16.6. The van der Waals surface area contributed by atoms with Gasteiger partial charge < -0.3 is 45.7 Å². The van der Waals surface area contributed by atoms with Gasteiger partial charge in [0, 0.05) is 0 Å². The maximum Gasteiger partial charge on any atom is 0.232 e. The number of aliphatic carboxylic acids is 1. The van der Waals surface area contributed by atoms with Crippen LogP contribution in [0.5, 0.6) is 0 Å². The summed E-state index contributed by atoms with van der Waals surface area (Å²) >= 11 is 0. The normalized spacial score (nSPS) is 26.5. The predicted molar refractivity (Wildman–Crippen MR) is 93.7 cm³/mol. The van der Waals surface area contributed by atoms with E-state index in [1.807, 2.05) is 0 Å². The van der Waals surface area contributed by atoms with Crippen LogP contribution in [0.1, 0.15) is 12.6 Å². The van der Waals surface area contributed by atoms with Gasteiger partial charge in [-0.2, -0.15) is 0 Å². The molecule has 1 aliphatic heterocycles. The van der Waals surface area contributed by atoms with Gasteiger partial charge in [-0.1, -0.05) is 0 Å². The number of aliphatic hydroxyl groups is 2. The van der Waals surface area contributed by atoms with Crippen LogP contribution < -0.4 is 26.6 Å². The number of ether oxygens (including phenoxy) is 1.